The molecule has 0 N–H and O–H groups in total. The van der Waals surface area contributed by atoms with E-state index in [-0.39, 0.29) is 23.8 Å². The Labute approximate surface area is 174 Å². The molecule has 0 bridgehead atoms. The van der Waals surface area contributed by atoms with E-state index in [0.29, 0.717) is 25.2 Å². The molecule has 0 spiro atoms. The van der Waals surface area contributed by atoms with E-state index in [2.05, 4.69) is 0 Å². The quantitative estimate of drug-likeness (QED) is 0.687. The first kappa shape index (κ1) is 23.6. The number of piperidine rings is 1. The highest BCUT2D eigenvalue weighted by Gasteiger charge is 2.32. The number of rotatable bonds is 6. The van der Waals surface area contributed by atoms with Crippen LogP contribution in [-0.2, 0) is 20.5 Å². The van der Waals surface area contributed by atoms with Crippen molar-refractivity contribution < 1.29 is 22.3 Å². The molecule has 1 atom stereocenters. The lowest BCUT2D eigenvalue weighted by Crippen LogP contribution is -2.48. The maximum absolute atomic E-state index is 13.4. The van der Waals surface area contributed by atoms with Crippen LogP contribution in [0.1, 0.15) is 53.0 Å². The number of halogens is 1. The van der Waals surface area contributed by atoms with Crippen LogP contribution in [0.25, 0.3) is 0 Å². The summed E-state index contributed by atoms with van der Waals surface area (Å²) < 4.78 is 46.1. The Hall–Kier alpha value is -1.67. The molecule has 0 aromatic heterocycles. The fourth-order valence-corrected chi connectivity index (χ4v) is 5.08. The lowest BCUT2D eigenvalue weighted by Gasteiger charge is -2.37. The average molecular weight is 429 g/mol. The van der Waals surface area contributed by atoms with E-state index in [1.807, 2.05) is 34.6 Å². The summed E-state index contributed by atoms with van der Waals surface area (Å²) in [5.41, 5.74) is -0.151. The molecule has 1 fully saturated rings. The van der Waals surface area contributed by atoms with Crippen molar-refractivity contribution in [1.29, 1.82) is 0 Å². The van der Waals surface area contributed by atoms with Gasteiger partial charge in [-0.15, -0.1) is 0 Å². The van der Waals surface area contributed by atoms with Crippen molar-refractivity contribution in [3.05, 3.63) is 35.6 Å². The van der Waals surface area contributed by atoms with Crippen molar-refractivity contribution in [1.82, 2.24) is 9.21 Å². The van der Waals surface area contributed by atoms with E-state index < -0.39 is 21.4 Å². The fraction of sp³-hybridized carbons (Fsp3) is 0.667. The molecule has 0 radical (unpaired) electrons. The van der Waals surface area contributed by atoms with Crippen molar-refractivity contribution >= 4 is 16.1 Å². The highest BCUT2D eigenvalue weighted by atomic mass is 32.2. The average Bonchev–Trinajstić information content (AvgIpc) is 2.57. The summed E-state index contributed by atoms with van der Waals surface area (Å²) in [5.74, 6) is -0.641. The number of nitrogens with zero attached hydrogens (tertiary/aromatic N) is 2. The van der Waals surface area contributed by atoms with Crippen LogP contribution in [0.2, 0.25) is 0 Å². The number of hydrogen-bond acceptors (Lipinski definition) is 4. The van der Waals surface area contributed by atoms with Crippen molar-refractivity contribution in [2.24, 2.45) is 5.92 Å². The SMILES string of the molecule is CC(C)N(CC1CCCN(S(=O)(=O)Cc2cccc(F)c2)C1)C(=O)OC(C)(C)C. The van der Waals surface area contributed by atoms with E-state index >= 15 is 0 Å². The van der Waals surface area contributed by atoms with Crippen molar-refractivity contribution in [3.8, 4) is 0 Å². The van der Waals surface area contributed by atoms with Gasteiger partial charge in [-0.05, 0) is 71.1 Å². The van der Waals surface area contributed by atoms with Gasteiger partial charge in [0.25, 0.3) is 0 Å². The molecule has 1 aromatic rings. The number of hydrogen-bond donors (Lipinski definition) is 0. The third-order valence-corrected chi connectivity index (χ3v) is 6.64. The van der Waals surface area contributed by atoms with Crippen LogP contribution < -0.4 is 0 Å². The summed E-state index contributed by atoms with van der Waals surface area (Å²) in [4.78, 5) is 14.2. The second-order valence-corrected chi connectivity index (χ2v) is 10.9. The lowest BCUT2D eigenvalue weighted by atomic mass is 9.98. The monoisotopic (exact) mass is 428 g/mol. The summed E-state index contributed by atoms with van der Waals surface area (Å²) in [6, 6.07) is 5.63. The molecule has 1 saturated heterocycles. The van der Waals surface area contributed by atoms with Gasteiger partial charge in [0.15, 0.2) is 0 Å². The van der Waals surface area contributed by atoms with E-state index in [1.54, 1.807) is 11.0 Å². The second-order valence-electron chi connectivity index (χ2n) is 8.98. The minimum Gasteiger partial charge on any atom is -0.444 e. The van der Waals surface area contributed by atoms with Gasteiger partial charge >= 0.3 is 6.09 Å². The number of sulfonamides is 1. The Balaban J connectivity index is 2.05. The van der Waals surface area contributed by atoms with Gasteiger partial charge in [-0.1, -0.05) is 12.1 Å². The summed E-state index contributed by atoms with van der Waals surface area (Å²) in [6.45, 7) is 10.6. The van der Waals surface area contributed by atoms with Gasteiger partial charge in [0.05, 0.1) is 5.75 Å². The maximum atomic E-state index is 13.4. The minimum absolute atomic E-state index is 0.0287. The Morgan fingerprint density at radius 1 is 1.34 bits per heavy atom. The molecule has 1 heterocycles. The Morgan fingerprint density at radius 3 is 2.62 bits per heavy atom. The van der Waals surface area contributed by atoms with Gasteiger partial charge in [0.1, 0.15) is 11.4 Å². The van der Waals surface area contributed by atoms with Crippen LogP contribution in [0.15, 0.2) is 24.3 Å². The largest absolute Gasteiger partial charge is 0.444 e. The van der Waals surface area contributed by atoms with E-state index in [0.717, 1.165) is 12.8 Å². The predicted molar refractivity (Wildman–Crippen MR) is 111 cm³/mol. The first-order chi connectivity index (χ1) is 13.4. The molecule has 1 aliphatic heterocycles. The summed E-state index contributed by atoms with van der Waals surface area (Å²) in [5, 5.41) is 0. The lowest BCUT2D eigenvalue weighted by molar-refractivity contribution is 0.0138. The normalized spacial score (nSPS) is 18.7. The van der Waals surface area contributed by atoms with Crippen LogP contribution >= 0.6 is 0 Å². The van der Waals surface area contributed by atoms with E-state index in [9.17, 15) is 17.6 Å². The number of carbonyl (C=O) groups excluding carboxylic acids is 1. The molecular weight excluding hydrogens is 395 g/mol. The molecule has 164 valence electrons. The maximum Gasteiger partial charge on any atom is 0.410 e. The summed E-state index contributed by atoms with van der Waals surface area (Å²) in [6.07, 6.45) is 1.19. The Morgan fingerprint density at radius 2 is 2.03 bits per heavy atom. The molecule has 0 saturated carbocycles. The third kappa shape index (κ3) is 7.26. The fourth-order valence-electron chi connectivity index (χ4n) is 3.45. The topological polar surface area (TPSA) is 66.9 Å². The van der Waals surface area contributed by atoms with Crippen LogP contribution in [0.5, 0.6) is 0 Å². The van der Waals surface area contributed by atoms with Crippen LogP contribution in [0.4, 0.5) is 9.18 Å². The molecule has 1 aliphatic rings. The molecule has 1 amide bonds. The van der Waals surface area contributed by atoms with Gasteiger partial charge in [0.2, 0.25) is 10.0 Å². The molecule has 6 nitrogen and oxygen atoms in total. The van der Waals surface area contributed by atoms with Gasteiger partial charge in [-0.25, -0.2) is 21.9 Å². The molecule has 0 aliphatic carbocycles. The van der Waals surface area contributed by atoms with Gasteiger partial charge < -0.3 is 9.64 Å². The zero-order chi connectivity index (χ0) is 21.8. The second kappa shape index (κ2) is 9.43. The number of amides is 1. The van der Waals surface area contributed by atoms with Crippen molar-refractivity contribution in [2.75, 3.05) is 19.6 Å². The van der Waals surface area contributed by atoms with Gasteiger partial charge in [0, 0.05) is 25.7 Å². The first-order valence-corrected chi connectivity index (χ1v) is 11.7. The number of benzene rings is 1. The zero-order valence-corrected chi connectivity index (χ0v) is 18.8. The number of carbonyl (C=O) groups is 1. The standard InChI is InChI=1S/C21H33FN2O4S/c1-16(2)24(20(25)28-21(3,4)5)14-18-9-7-11-23(13-18)29(26,27)15-17-8-6-10-19(22)12-17/h6,8,10,12,16,18H,7,9,11,13-15H2,1-5H3. The molecular formula is C21H33FN2O4S. The highest BCUT2D eigenvalue weighted by molar-refractivity contribution is 7.88. The van der Waals surface area contributed by atoms with Gasteiger partial charge in [-0.3, -0.25) is 0 Å². The van der Waals surface area contributed by atoms with Crippen LogP contribution in [0, 0.1) is 11.7 Å². The predicted octanol–water partition coefficient (Wildman–Crippen LogP) is 4.01. The molecule has 2 rings (SSSR count). The first-order valence-electron chi connectivity index (χ1n) is 10.1. The molecule has 1 unspecified atom stereocenters. The zero-order valence-electron chi connectivity index (χ0n) is 18.0. The Bertz CT molecular complexity index is 805. The summed E-state index contributed by atoms with van der Waals surface area (Å²) in [7, 11) is -3.56. The minimum atomic E-state index is -3.56. The molecule has 8 heteroatoms. The van der Waals surface area contributed by atoms with Crippen LogP contribution in [0.3, 0.4) is 0 Å². The van der Waals surface area contributed by atoms with Crippen LogP contribution in [-0.4, -0.2) is 55.0 Å². The van der Waals surface area contributed by atoms with Crippen molar-refractivity contribution in [3.63, 3.8) is 0 Å². The highest BCUT2D eigenvalue weighted by Crippen LogP contribution is 2.24. The summed E-state index contributed by atoms with van der Waals surface area (Å²) >= 11 is 0. The molecule has 1 aromatic carbocycles. The Kier molecular flexibility index (Phi) is 7.67. The smallest absolute Gasteiger partial charge is 0.410 e. The number of ether oxygens (including phenoxy) is 1. The van der Waals surface area contributed by atoms with Gasteiger partial charge in [-0.2, -0.15) is 0 Å². The third-order valence-electron chi connectivity index (χ3n) is 4.82. The van der Waals surface area contributed by atoms with Crippen molar-refractivity contribution in [2.45, 2.75) is 64.9 Å². The van der Waals surface area contributed by atoms with E-state index in [1.165, 1.54) is 22.5 Å². The molecule has 29 heavy (non-hydrogen) atoms. The van der Waals surface area contributed by atoms with E-state index in [4.69, 9.17) is 4.74 Å².